The molecular weight excluding hydrogens is 480 g/mol. The minimum atomic E-state index is -4.70. The number of alkyl halides is 3. The molecule has 0 radical (unpaired) electrons. The van der Waals surface area contributed by atoms with Gasteiger partial charge in [0.1, 0.15) is 18.1 Å². The summed E-state index contributed by atoms with van der Waals surface area (Å²) in [5, 5.41) is 16.1. The molecule has 4 rings (SSSR count). The van der Waals surface area contributed by atoms with Gasteiger partial charge in [0.05, 0.1) is 21.8 Å². The topological polar surface area (TPSA) is 78.1 Å². The summed E-state index contributed by atoms with van der Waals surface area (Å²) in [7, 11) is 0. The largest absolute Gasteiger partial charge is 0.506 e. The van der Waals surface area contributed by atoms with Crippen LogP contribution in [0.1, 0.15) is 11.1 Å². The third kappa shape index (κ3) is 4.86. The quantitative estimate of drug-likeness (QED) is 0.290. The maximum absolute atomic E-state index is 13.5. The third-order valence-corrected chi connectivity index (χ3v) is 5.48. The van der Waals surface area contributed by atoms with Gasteiger partial charge < -0.3 is 9.84 Å². The lowest BCUT2D eigenvalue weighted by molar-refractivity contribution is -0.137. The first kappa shape index (κ1) is 22.8. The highest BCUT2D eigenvalue weighted by Gasteiger charge is 2.34. The zero-order valence-electron chi connectivity index (χ0n) is 16.6. The second-order valence-corrected chi connectivity index (χ2v) is 7.96. The Morgan fingerprint density at radius 1 is 0.939 bits per heavy atom. The molecule has 3 aromatic carbocycles. The van der Waals surface area contributed by atoms with E-state index in [0.717, 1.165) is 17.7 Å². The number of hydrogen-bond acceptors (Lipinski definition) is 3. The number of aromatic amines is 2. The van der Waals surface area contributed by atoms with E-state index in [1.807, 2.05) is 0 Å². The van der Waals surface area contributed by atoms with Crippen molar-refractivity contribution in [2.24, 2.45) is 0 Å². The van der Waals surface area contributed by atoms with Gasteiger partial charge in [-0.15, -0.1) is 0 Å². The van der Waals surface area contributed by atoms with Crippen LogP contribution in [0.25, 0.3) is 22.4 Å². The second kappa shape index (κ2) is 8.88. The summed E-state index contributed by atoms with van der Waals surface area (Å²) < 4.78 is 46.2. The van der Waals surface area contributed by atoms with E-state index in [2.05, 4.69) is 10.2 Å². The lowest BCUT2D eigenvalue weighted by Crippen LogP contribution is -2.06. The van der Waals surface area contributed by atoms with Gasteiger partial charge in [0.25, 0.3) is 5.56 Å². The Hall–Kier alpha value is -3.36. The monoisotopic (exact) mass is 494 g/mol. The molecule has 0 spiro atoms. The summed E-state index contributed by atoms with van der Waals surface area (Å²) in [6.07, 6.45) is -4.70. The predicted molar refractivity (Wildman–Crippen MR) is 120 cm³/mol. The van der Waals surface area contributed by atoms with Gasteiger partial charge in [0.15, 0.2) is 0 Å². The first-order chi connectivity index (χ1) is 15.6. The highest BCUT2D eigenvalue weighted by molar-refractivity contribution is 6.31. The van der Waals surface area contributed by atoms with Crippen LogP contribution in [0.15, 0.2) is 65.5 Å². The van der Waals surface area contributed by atoms with Gasteiger partial charge in [-0.2, -0.15) is 13.2 Å². The number of phenols is 1. The Bertz CT molecular complexity index is 1360. The minimum absolute atomic E-state index is 0.0191. The number of halogens is 5. The molecule has 0 aliphatic rings. The molecule has 0 saturated heterocycles. The lowest BCUT2D eigenvalue weighted by Gasteiger charge is -2.17. The van der Waals surface area contributed by atoms with E-state index in [-0.39, 0.29) is 40.5 Å². The molecule has 0 saturated carbocycles. The first-order valence-electron chi connectivity index (χ1n) is 9.52. The zero-order chi connectivity index (χ0) is 23.8. The van der Waals surface area contributed by atoms with Gasteiger partial charge in [-0.05, 0) is 47.5 Å². The molecule has 5 nitrogen and oxygen atoms in total. The number of rotatable bonds is 5. The smallest absolute Gasteiger partial charge is 0.417 e. The molecular formula is C23H15Cl2F3N2O3. The van der Waals surface area contributed by atoms with Crippen LogP contribution in [0.4, 0.5) is 13.2 Å². The molecule has 1 aromatic heterocycles. The average molecular weight is 495 g/mol. The number of benzene rings is 3. The molecule has 0 bridgehead atoms. The van der Waals surface area contributed by atoms with Crippen LogP contribution in [0.3, 0.4) is 0 Å². The Morgan fingerprint density at radius 2 is 1.67 bits per heavy atom. The summed E-state index contributed by atoms with van der Waals surface area (Å²) >= 11 is 11.7. The average Bonchev–Trinajstić information content (AvgIpc) is 3.19. The molecule has 170 valence electrons. The van der Waals surface area contributed by atoms with Crippen molar-refractivity contribution in [3.8, 4) is 33.9 Å². The fraction of sp³-hybridized carbons (Fsp3) is 0.0870. The summed E-state index contributed by atoms with van der Waals surface area (Å²) in [4.78, 5) is 11.5. The van der Waals surface area contributed by atoms with Crippen molar-refractivity contribution in [2.75, 3.05) is 0 Å². The normalized spacial score (nSPS) is 11.5. The number of phenolic OH excluding ortho intramolecular Hbond substituents is 1. The molecule has 1 heterocycles. The van der Waals surface area contributed by atoms with Crippen LogP contribution in [0.5, 0.6) is 11.5 Å². The highest BCUT2D eigenvalue weighted by atomic mass is 35.5. The van der Waals surface area contributed by atoms with Crippen molar-refractivity contribution in [1.29, 1.82) is 0 Å². The molecule has 0 unspecified atom stereocenters. The molecule has 3 N–H and O–H groups in total. The highest BCUT2D eigenvalue weighted by Crippen LogP contribution is 2.46. The van der Waals surface area contributed by atoms with E-state index in [9.17, 15) is 23.1 Å². The molecule has 0 atom stereocenters. The SMILES string of the molecule is O=c1cc(-c2ccc(OCc3ccc(Cl)cc3)c(-c3ccc(Cl)c(C(F)(F)F)c3)c2O)[nH][nH]1. The fourth-order valence-electron chi connectivity index (χ4n) is 3.31. The van der Waals surface area contributed by atoms with E-state index in [1.165, 1.54) is 24.3 Å². The molecule has 0 amide bonds. The van der Waals surface area contributed by atoms with Crippen LogP contribution < -0.4 is 10.3 Å². The maximum Gasteiger partial charge on any atom is 0.417 e. The first-order valence-corrected chi connectivity index (χ1v) is 10.3. The van der Waals surface area contributed by atoms with Crippen LogP contribution in [-0.4, -0.2) is 15.3 Å². The van der Waals surface area contributed by atoms with Crippen LogP contribution in [0, 0.1) is 0 Å². The number of H-pyrrole nitrogens is 2. The molecule has 10 heteroatoms. The van der Waals surface area contributed by atoms with Crippen molar-refractivity contribution in [3.63, 3.8) is 0 Å². The summed E-state index contributed by atoms with van der Waals surface area (Å²) in [6.45, 7) is 0.0731. The van der Waals surface area contributed by atoms with Crippen LogP contribution >= 0.6 is 23.2 Å². The van der Waals surface area contributed by atoms with E-state index >= 15 is 0 Å². The zero-order valence-corrected chi connectivity index (χ0v) is 18.1. The van der Waals surface area contributed by atoms with Crippen molar-refractivity contribution in [1.82, 2.24) is 10.2 Å². The van der Waals surface area contributed by atoms with Gasteiger partial charge >= 0.3 is 6.18 Å². The van der Waals surface area contributed by atoms with Gasteiger partial charge in [-0.1, -0.05) is 41.4 Å². The Balaban J connectivity index is 1.84. The van der Waals surface area contributed by atoms with Crippen molar-refractivity contribution < 1.29 is 23.0 Å². The Kier molecular flexibility index (Phi) is 6.14. The molecule has 0 aliphatic carbocycles. The predicted octanol–water partition coefficient (Wildman–Crippen LogP) is 6.65. The van der Waals surface area contributed by atoms with Gasteiger partial charge in [0, 0.05) is 16.7 Å². The molecule has 0 aliphatic heterocycles. The standard InChI is InChI=1S/C23H15Cl2F3N2O3/c24-14-4-1-12(2-5-14)11-33-19-8-6-15(18-10-20(31)30-29-18)22(32)21(19)13-3-7-17(25)16(9-13)23(26,27)28/h1-10,32H,11H2,(H2,29,30,31). The van der Waals surface area contributed by atoms with E-state index < -0.39 is 22.3 Å². The van der Waals surface area contributed by atoms with E-state index in [4.69, 9.17) is 27.9 Å². The van der Waals surface area contributed by atoms with Crippen molar-refractivity contribution in [3.05, 3.63) is 92.2 Å². The third-order valence-electron chi connectivity index (χ3n) is 4.89. The van der Waals surface area contributed by atoms with Crippen LogP contribution in [0.2, 0.25) is 10.0 Å². The van der Waals surface area contributed by atoms with Crippen molar-refractivity contribution >= 4 is 23.2 Å². The molecule has 33 heavy (non-hydrogen) atoms. The van der Waals surface area contributed by atoms with Gasteiger partial charge in [0.2, 0.25) is 0 Å². The fourth-order valence-corrected chi connectivity index (χ4v) is 3.66. The summed E-state index contributed by atoms with van der Waals surface area (Å²) in [6, 6.07) is 14.4. The van der Waals surface area contributed by atoms with E-state index in [1.54, 1.807) is 24.3 Å². The minimum Gasteiger partial charge on any atom is -0.506 e. The lowest BCUT2D eigenvalue weighted by atomic mass is 9.97. The van der Waals surface area contributed by atoms with Crippen molar-refractivity contribution in [2.45, 2.75) is 12.8 Å². The van der Waals surface area contributed by atoms with Gasteiger partial charge in [-0.25, -0.2) is 0 Å². The second-order valence-electron chi connectivity index (χ2n) is 7.11. The molecule has 0 fully saturated rings. The maximum atomic E-state index is 13.5. The van der Waals surface area contributed by atoms with E-state index in [0.29, 0.717) is 5.02 Å². The number of hydrogen-bond donors (Lipinski definition) is 3. The number of nitrogens with one attached hydrogen (secondary N) is 2. The summed E-state index contributed by atoms with van der Waals surface area (Å²) in [5.41, 5.74) is -0.208. The number of aromatic nitrogens is 2. The number of aromatic hydroxyl groups is 1. The summed E-state index contributed by atoms with van der Waals surface area (Å²) in [5.74, 6) is -0.228. The van der Waals surface area contributed by atoms with Crippen LogP contribution in [-0.2, 0) is 12.8 Å². The van der Waals surface area contributed by atoms with Gasteiger partial charge in [-0.3, -0.25) is 15.0 Å². The molecule has 4 aromatic rings. The Morgan fingerprint density at radius 3 is 2.30 bits per heavy atom. The Labute approximate surface area is 195 Å². The number of ether oxygens (including phenoxy) is 1.